The Balaban J connectivity index is 3.10. The van der Waals surface area contributed by atoms with E-state index in [0.717, 1.165) is 4.88 Å². The third-order valence-electron chi connectivity index (χ3n) is 1.07. The fraction of sp³-hybridized carbons (Fsp3) is 0.167. The van der Waals surface area contributed by atoms with E-state index in [1.807, 2.05) is 0 Å². The summed E-state index contributed by atoms with van der Waals surface area (Å²) in [4.78, 5) is 11.5. The number of thiophene rings is 1. The highest BCUT2D eigenvalue weighted by molar-refractivity contribution is 7.14. The van der Waals surface area contributed by atoms with Crippen molar-refractivity contribution in [3.63, 3.8) is 0 Å². The van der Waals surface area contributed by atoms with Gasteiger partial charge in [-0.2, -0.15) is 0 Å². The molecule has 0 aliphatic carbocycles. The summed E-state index contributed by atoms with van der Waals surface area (Å²) in [5.74, 6) is -0.917. The molecule has 1 rings (SSSR count). The van der Waals surface area contributed by atoms with Crippen LogP contribution < -0.4 is 0 Å². The SMILES string of the molecule is Cc1sc(C(=O)O)cc1Cl. The molecule has 4 heteroatoms. The second-order valence-electron chi connectivity index (χ2n) is 1.82. The lowest BCUT2D eigenvalue weighted by Crippen LogP contribution is -1.89. The van der Waals surface area contributed by atoms with Gasteiger partial charge in [0.25, 0.3) is 0 Å². The Bertz CT molecular complexity index is 247. The Morgan fingerprint density at radius 2 is 2.40 bits per heavy atom. The molecule has 1 aromatic heterocycles. The lowest BCUT2D eigenvalue weighted by atomic mass is 10.4. The number of carboxylic acid groups (broad SMARTS) is 1. The van der Waals surface area contributed by atoms with Crippen LogP contribution in [0.2, 0.25) is 5.02 Å². The monoisotopic (exact) mass is 176 g/mol. The van der Waals surface area contributed by atoms with Gasteiger partial charge in [-0.25, -0.2) is 4.79 Å². The average Bonchev–Trinajstić information content (AvgIpc) is 2.13. The number of hydrogen-bond donors (Lipinski definition) is 1. The molecule has 0 unspecified atom stereocenters. The normalized spacial score (nSPS) is 9.80. The second kappa shape index (κ2) is 2.60. The minimum atomic E-state index is -0.917. The maximum Gasteiger partial charge on any atom is 0.345 e. The molecule has 0 atom stereocenters. The fourth-order valence-corrected chi connectivity index (χ4v) is 1.61. The molecule has 0 aliphatic heterocycles. The number of carboxylic acids is 1. The van der Waals surface area contributed by atoms with E-state index in [9.17, 15) is 4.79 Å². The molecule has 0 fully saturated rings. The third kappa shape index (κ3) is 1.30. The van der Waals surface area contributed by atoms with Gasteiger partial charge in [0.1, 0.15) is 4.88 Å². The molecule has 0 saturated carbocycles. The highest BCUT2D eigenvalue weighted by Crippen LogP contribution is 2.25. The molecule has 1 heterocycles. The number of halogens is 1. The van der Waals surface area contributed by atoms with Crippen molar-refractivity contribution in [1.82, 2.24) is 0 Å². The van der Waals surface area contributed by atoms with E-state index in [-0.39, 0.29) is 0 Å². The summed E-state index contributed by atoms with van der Waals surface area (Å²) in [6, 6.07) is 1.46. The van der Waals surface area contributed by atoms with Gasteiger partial charge in [0, 0.05) is 4.88 Å². The average molecular weight is 177 g/mol. The lowest BCUT2D eigenvalue weighted by molar-refractivity contribution is 0.0702. The Kier molecular flexibility index (Phi) is 1.97. The van der Waals surface area contributed by atoms with Crippen molar-refractivity contribution in [2.24, 2.45) is 0 Å². The third-order valence-corrected chi connectivity index (χ3v) is 2.61. The summed E-state index contributed by atoms with van der Waals surface area (Å²) in [6.45, 7) is 1.79. The van der Waals surface area contributed by atoms with Crippen molar-refractivity contribution >= 4 is 28.9 Å². The summed E-state index contributed by atoms with van der Waals surface area (Å²) in [7, 11) is 0. The first-order valence-electron chi connectivity index (χ1n) is 2.60. The number of carbonyl (C=O) groups is 1. The summed E-state index contributed by atoms with van der Waals surface area (Å²) in [6.07, 6.45) is 0. The Morgan fingerprint density at radius 3 is 2.60 bits per heavy atom. The van der Waals surface area contributed by atoms with Crippen LogP contribution in [0.4, 0.5) is 0 Å². The lowest BCUT2D eigenvalue weighted by Gasteiger charge is -1.79. The van der Waals surface area contributed by atoms with Crippen LogP contribution in [0.3, 0.4) is 0 Å². The zero-order chi connectivity index (χ0) is 7.72. The molecule has 2 nitrogen and oxygen atoms in total. The van der Waals surface area contributed by atoms with E-state index < -0.39 is 5.97 Å². The van der Waals surface area contributed by atoms with Crippen molar-refractivity contribution in [3.05, 3.63) is 20.8 Å². The number of aromatic carboxylic acids is 1. The highest BCUT2D eigenvalue weighted by Gasteiger charge is 2.08. The van der Waals surface area contributed by atoms with Gasteiger partial charge < -0.3 is 5.11 Å². The largest absolute Gasteiger partial charge is 0.477 e. The van der Waals surface area contributed by atoms with Gasteiger partial charge in [-0.1, -0.05) is 11.6 Å². The zero-order valence-electron chi connectivity index (χ0n) is 5.22. The van der Waals surface area contributed by atoms with Gasteiger partial charge in [0.2, 0.25) is 0 Å². The van der Waals surface area contributed by atoms with Crippen LogP contribution in [0.25, 0.3) is 0 Å². The molecule has 0 aliphatic rings. The molecule has 0 aromatic carbocycles. The van der Waals surface area contributed by atoms with E-state index in [2.05, 4.69) is 0 Å². The van der Waals surface area contributed by atoms with E-state index >= 15 is 0 Å². The van der Waals surface area contributed by atoms with Crippen molar-refractivity contribution < 1.29 is 9.90 Å². The van der Waals surface area contributed by atoms with Gasteiger partial charge in [0.05, 0.1) is 5.02 Å². The van der Waals surface area contributed by atoms with E-state index in [1.54, 1.807) is 6.92 Å². The Labute approximate surface area is 67.1 Å². The van der Waals surface area contributed by atoms with E-state index in [4.69, 9.17) is 16.7 Å². The Morgan fingerprint density at radius 1 is 1.80 bits per heavy atom. The van der Waals surface area contributed by atoms with E-state index in [0.29, 0.717) is 9.90 Å². The first-order valence-corrected chi connectivity index (χ1v) is 3.80. The standard InChI is InChI=1S/C6H5ClO2S/c1-3-4(7)2-5(10-3)6(8)9/h2H,1H3,(H,8,9). The molecular weight excluding hydrogens is 172 g/mol. The molecule has 54 valence electrons. The van der Waals surface area contributed by atoms with Gasteiger partial charge in [0.15, 0.2) is 0 Å². The first kappa shape index (κ1) is 7.57. The van der Waals surface area contributed by atoms with Gasteiger partial charge in [-0.15, -0.1) is 11.3 Å². The molecule has 0 spiro atoms. The Hall–Kier alpha value is -0.540. The predicted molar refractivity (Wildman–Crippen MR) is 41.0 cm³/mol. The maximum atomic E-state index is 10.3. The topological polar surface area (TPSA) is 37.3 Å². The molecule has 0 saturated heterocycles. The molecule has 1 N–H and O–H groups in total. The van der Waals surface area contributed by atoms with Crippen molar-refractivity contribution in [2.45, 2.75) is 6.92 Å². The van der Waals surface area contributed by atoms with Crippen LogP contribution in [-0.4, -0.2) is 11.1 Å². The molecule has 10 heavy (non-hydrogen) atoms. The number of hydrogen-bond acceptors (Lipinski definition) is 2. The van der Waals surface area contributed by atoms with Crippen LogP contribution in [-0.2, 0) is 0 Å². The minimum Gasteiger partial charge on any atom is -0.477 e. The van der Waals surface area contributed by atoms with Crippen LogP contribution in [0.1, 0.15) is 14.5 Å². The minimum absolute atomic E-state index is 0.294. The number of aryl methyl sites for hydroxylation is 1. The smallest absolute Gasteiger partial charge is 0.345 e. The fourth-order valence-electron chi connectivity index (χ4n) is 0.565. The maximum absolute atomic E-state index is 10.3. The predicted octanol–water partition coefficient (Wildman–Crippen LogP) is 2.41. The number of rotatable bonds is 1. The first-order chi connectivity index (χ1) is 4.61. The summed E-state index contributed by atoms with van der Waals surface area (Å²) < 4.78 is 0. The molecule has 0 radical (unpaired) electrons. The molecule has 1 aromatic rings. The second-order valence-corrected chi connectivity index (χ2v) is 3.48. The molecule has 0 bridgehead atoms. The van der Waals surface area contributed by atoms with Gasteiger partial charge in [-0.05, 0) is 13.0 Å². The van der Waals surface area contributed by atoms with E-state index in [1.165, 1.54) is 17.4 Å². The summed E-state index contributed by atoms with van der Waals surface area (Å²) >= 11 is 6.81. The van der Waals surface area contributed by atoms with Crippen molar-refractivity contribution in [1.29, 1.82) is 0 Å². The van der Waals surface area contributed by atoms with Gasteiger partial charge >= 0.3 is 5.97 Å². The molecular formula is C6H5ClO2S. The van der Waals surface area contributed by atoms with Gasteiger partial charge in [-0.3, -0.25) is 0 Å². The summed E-state index contributed by atoms with van der Waals surface area (Å²) in [5.41, 5.74) is 0. The van der Waals surface area contributed by atoms with Crippen LogP contribution in [0, 0.1) is 6.92 Å². The van der Waals surface area contributed by atoms with Crippen LogP contribution in [0.5, 0.6) is 0 Å². The van der Waals surface area contributed by atoms with Crippen LogP contribution in [0.15, 0.2) is 6.07 Å². The van der Waals surface area contributed by atoms with Crippen molar-refractivity contribution in [2.75, 3.05) is 0 Å². The van der Waals surface area contributed by atoms with Crippen LogP contribution >= 0.6 is 22.9 Å². The zero-order valence-corrected chi connectivity index (χ0v) is 6.79. The van der Waals surface area contributed by atoms with Crippen molar-refractivity contribution in [3.8, 4) is 0 Å². The summed E-state index contributed by atoms with van der Waals surface area (Å²) in [5, 5.41) is 9.00. The highest BCUT2D eigenvalue weighted by atomic mass is 35.5. The molecule has 0 amide bonds. The quantitative estimate of drug-likeness (QED) is 0.714.